The summed E-state index contributed by atoms with van der Waals surface area (Å²) in [4.78, 5) is 25.5. The van der Waals surface area contributed by atoms with Crippen LogP contribution in [0.4, 0.5) is 0 Å². The van der Waals surface area contributed by atoms with Gasteiger partial charge in [-0.2, -0.15) is 0 Å². The number of hydrogen-bond donors (Lipinski definition) is 0. The van der Waals surface area contributed by atoms with Gasteiger partial charge in [-0.3, -0.25) is 9.59 Å². The molecule has 2 atom stereocenters. The average molecular weight is 294 g/mol. The third kappa shape index (κ3) is 3.51. The Labute approximate surface area is 132 Å². The largest absolute Gasteiger partial charge is 0.294 e. The van der Waals surface area contributed by atoms with Gasteiger partial charge in [-0.1, -0.05) is 74.5 Å². The third-order valence-corrected chi connectivity index (χ3v) is 4.16. The first-order valence-corrected chi connectivity index (χ1v) is 7.87. The molecule has 0 aromatic heterocycles. The fraction of sp³-hybridized carbons (Fsp3) is 0.300. The molecule has 0 aliphatic rings. The van der Waals surface area contributed by atoms with Crippen molar-refractivity contribution in [3.05, 3.63) is 71.8 Å². The van der Waals surface area contributed by atoms with E-state index in [-0.39, 0.29) is 23.4 Å². The molecule has 0 heterocycles. The van der Waals surface area contributed by atoms with Crippen molar-refractivity contribution in [3.63, 3.8) is 0 Å². The summed E-state index contributed by atoms with van der Waals surface area (Å²) in [6.07, 6.45) is 1.34. The molecule has 0 amide bonds. The van der Waals surface area contributed by atoms with Crippen LogP contribution in [0.2, 0.25) is 0 Å². The lowest BCUT2D eigenvalue weighted by molar-refractivity contribution is 0.0756. The molecule has 114 valence electrons. The summed E-state index contributed by atoms with van der Waals surface area (Å²) >= 11 is 0. The van der Waals surface area contributed by atoms with Crippen molar-refractivity contribution < 1.29 is 9.59 Å². The SMILES string of the molecule is CCC(C(=O)c1ccccc1)C(CC)C(=O)c1ccccc1. The summed E-state index contributed by atoms with van der Waals surface area (Å²) in [7, 11) is 0. The van der Waals surface area contributed by atoms with E-state index in [1.165, 1.54) is 0 Å². The molecule has 2 unspecified atom stereocenters. The Bertz CT molecular complexity index is 559. The van der Waals surface area contributed by atoms with Crippen LogP contribution in [0, 0.1) is 11.8 Å². The van der Waals surface area contributed by atoms with Crippen LogP contribution >= 0.6 is 0 Å². The van der Waals surface area contributed by atoms with E-state index < -0.39 is 0 Å². The molecule has 0 N–H and O–H groups in total. The Morgan fingerprint density at radius 2 is 1.00 bits per heavy atom. The van der Waals surface area contributed by atoms with Crippen molar-refractivity contribution >= 4 is 11.6 Å². The highest BCUT2D eigenvalue weighted by molar-refractivity contribution is 6.04. The van der Waals surface area contributed by atoms with Gasteiger partial charge in [-0.15, -0.1) is 0 Å². The predicted octanol–water partition coefficient (Wildman–Crippen LogP) is 4.80. The van der Waals surface area contributed by atoms with Crippen LogP contribution in [0.5, 0.6) is 0 Å². The van der Waals surface area contributed by atoms with Crippen molar-refractivity contribution in [1.29, 1.82) is 0 Å². The second kappa shape index (κ2) is 7.69. The van der Waals surface area contributed by atoms with Crippen molar-refractivity contribution in [1.82, 2.24) is 0 Å². The molecule has 2 rings (SSSR count). The fourth-order valence-corrected chi connectivity index (χ4v) is 2.94. The number of rotatable bonds is 7. The highest BCUT2D eigenvalue weighted by Crippen LogP contribution is 2.27. The first kappa shape index (κ1) is 16.2. The second-order valence-electron chi connectivity index (χ2n) is 5.49. The first-order valence-electron chi connectivity index (χ1n) is 7.87. The summed E-state index contributed by atoms with van der Waals surface area (Å²) in [6.45, 7) is 3.96. The van der Waals surface area contributed by atoms with Gasteiger partial charge >= 0.3 is 0 Å². The minimum atomic E-state index is -0.264. The van der Waals surface area contributed by atoms with E-state index in [1.54, 1.807) is 0 Å². The normalized spacial score (nSPS) is 13.4. The molecule has 0 saturated carbocycles. The average Bonchev–Trinajstić information content (AvgIpc) is 2.60. The highest BCUT2D eigenvalue weighted by atomic mass is 16.1. The van der Waals surface area contributed by atoms with Crippen LogP contribution in [0.1, 0.15) is 47.4 Å². The molecule has 0 bridgehead atoms. The Kier molecular flexibility index (Phi) is 5.65. The molecule has 0 aliphatic heterocycles. The van der Waals surface area contributed by atoms with Crippen LogP contribution in [-0.4, -0.2) is 11.6 Å². The monoisotopic (exact) mass is 294 g/mol. The maximum atomic E-state index is 12.8. The third-order valence-electron chi connectivity index (χ3n) is 4.16. The Morgan fingerprint density at radius 1 is 0.682 bits per heavy atom. The number of Topliss-reactive ketones (excluding diaryl/α,β-unsaturated/α-hetero) is 2. The summed E-state index contributed by atoms with van der Waals surface area (Å²) < 4.78 is 0. The highest BCUT2D eigenvalue weighted by Gasteiger charge is 2.31. The van der Waals surface area contributed by atoms with Gasteiger partial charge in [0.15, 0.2) is 11.6 Å². The smallest absolute Gasteiger partial charge is 0.166 e. The maximum absolute atomic E-state index is 12.8. The molecule has 2 nitrogen and oxygen atoms in total. The zero-order valence-electron chi connectivity index (χ0n) is 13.2. The van der Waals surface area contributed by atoms with E-state index in [0.717, 1.165) is 0 Å². The van der Waals surface area contributed by atoms with Gasteiger partial charge in [0.2, 0.25) is 0 Å². The molecular formula is C20H22O2. The number of carbonyl (C=O) groups is 2. The number of ketones is 2. The van der Waals surface area contributed by atoms with E-state index in [4.69, 9.17) is 0 Å². The lowest BCUT2D eigenvalue weighted by atomic mass is 9.78. The molecule has 0 radical (unpaired) electrons. The van der Waals surface area contributed by atoms with Gasteiger partial charge in [-0.25, -0.2) is 0 Å². The number of benzene rings is 2. The zero-order chi connectivity index (χ0) is 15.9. The van der Waals surface area contributed by atoms with Crippen molar-refractivity contribution in [3.8, 4) is 0 Å². The molecule has 22 heavy (non-hydrogen) atoms. The van der Waals surface area contributed by atoms with Gasteiger partial charge in [0.25, 0.3) is 0 Å². The molecular weight excluding hydrogens is 272 g/mol. The quantitative estimate of drug-likeness (QED) is 0.687. The molecule has 0 spiro atoms. The standard InChI is InChI=1S/C20H22O2/c1-3-17(19(21)15-11-7-5-8-12-15)18(4-2)20(22)16-13-9-6-10-14-16/h5-14,17-18H,3-4H2,1-2H3. The topological polar surface area (TPSA) is 34.1 Å². The van der Waals surface area contributed by atoms with Gasteiger partial charge in [0.05, 0.1) is 0 Å². The van der Waals surface area contributed by atoms with Crippen LogP contribution < -0.4 is 0 Å². The minimum Gasteiger partial charge on any atom is -0.294 e. The van der Waals surface area contributed by atoms with E-state index >= 15 is 0 Å². The van der Waals surface area contributed by atoms with Crippen LogP contribution in [0.15, 0.2) is 60.7 Å². The lowest BCUT2D eigenvalue weighted by Crippen LogP contribution is -2.29. The minimum absolute atomic E-state index is 0.0687. The number of hydrogen-bond acceptors (Lipinski definition) is 2. The maximum Gasteiger partial charge on any atom is 0.166 e. The van der Waals surface area contributed by atoms with E-state index in [2.05, 4.69) is 0 Å². The molecule has 2 heteroatoms. The number of carbonyl (C=O) groups excluding carboxylic acids is 2. The summed E-state index contributed by atoms with van der Waals surface area (Å²) in [5.74, 6) is -0.390. The first-order chi connectivity index (χ1) is 10.7. The van der Waals surface area contributed by atoms with Crippen molar-refractivity contribution in [2.75, 3.05) is 0 Å². The van der Waals surface area contributed by atoms with Gasteiger partial charge < -0.3 is 0 Å². The van der Waals surface area contributed by atoms with E-state index in [9.17, 15) is 9.59 Å². The second-order valence-corrected chi connectivity index (χ2v) is 5.49. The molecule has 2 aromatic carbocycles. The Morgan fingerprint density at radius 3 is 1.27 bits per heavy atom. The Balaban J connectivity index is 2.27. The van der Waals surface area contributed by atoms with Gasteiger partial charge in [0.1, 0.15) is 0 Å². The summed E-state index contributed by atoms with van der Waals surface area (Å²) in [5.41, 5.74) is 1.38. The summed E-state index contributed by atoms with van der Waals surface area (Å²) in [5, 5.41) is 0. The van der Waals surface area contributed by atoms with Crippen LogP contribution in [0.3, 0.4) is 0 Å². The van der Waals surface area contributed by atoms with Crippen molar-refractivity contribution in [2.45, 2.75) is 26.7 Å². The summed E-state index contributed by atoms with van der Waals surface area (Å²) in [6, 6.07) is 18.5. The fourth-order valence-electron chi connectivity index (χ4n) is 2.94. The molecule has 0 fully saturated rings. The Hall–Kier alpha value is -2.22. The predicted molar refractivity (Wildman–Crippen MR) is 89.1 cm³/mol. The van der Waals surface area contributed by atoms with Gasteiger partial charge in [-0.05, 0) is 12.8 Å². The van der Waals surface area contributed by atoms with Gasteiger partial charge in [0, 0.05) is 23.0 Å². The lowest BCUT2D eigenvalue weighted by Gasteiger charge is -2.23. The zero-order valence-corrected chi connectivity index (χ0v) is 13.2. The van der Waals surface area contributed by atoms with E-state index in [1.807, 2.05) is 74.5 Å². The molecule has 0 saturated heterocycles. The van der Waals surface area contributed by atoms with Crippen LogP contribution in [0.25, 0.3) is 0 Å². The molecule has 0 aliphatic carbocycles. The molecule has 2 aromatic rings. The van der Waals surface area contributed by atoms with Crippen molar-refractivity contribution in [2.24, 2.45) is 11.8 Å². The van der Waals surface area contributed by atoms with Crippen LogP contribution in [-0.2, 0) is 0 Å². The van der Waals surface area contributed by atoms with E-state index in [0.29, 0.717) is 24.0 Å².